The standard InChI is InChI=1S/C11H10ClFN2S/c12-10-2-1-8(13)5-9(10)11(15-14)7-3-4-16-6-7/h1-6,11,15H,14H2. The van der Waals surface area contributed by atoms with Gasteiger partial charge in [-0.15, -0.1) is 0 Å². The van der Waals surface area contributed by atoms with Crippen LogP contribution < -0.4 is 11.3 Å². The third-order valence-electron chi connectivity index (χ3n) is 2.31. The van der Waals surface area contributed by atoms with Crippen molar-refractivity contribution in [2.24, 2.45) is 5.84 Å². The maximum absolute atomic E-state index is 13.2. The van der Waals surface area contributed by atoms with Crippen LogP contribution in [0, 0.1) is 5.82 Å². The van der Waals surface area contributed by atoms with E-state index in [-0.39, 0.29) is 11.9 Å². The first-order valence-electron chi connectivity index (χ1n) is 4.65. The van der Waals surface area contributed by atoms with Gasteiger partial charge in [0, 0.05) is 5.02 Å². The van der Waals surface area contributed by atoms with E-state index < -0.39 is 0 Å². The van der Waals surface area contributed by atoms with Crippen molar-refractivity contribution < 1.29 is 4.39 Å². The molecule has 0 spiro atoms. The Hall–Kier alpha value is -0.940. The van der Waals surface area contributed by atoms with Gasteiger partial charge in [0.1, 0.15) is 5.82 Å². The van der Waals surface area contributed by atoms with Crippen LogP contribution in [0.4, 0.5) is 4.39 Å². The van der Waals surface area contributed by atoms with Gasteiger partial charge in [-0.3, -0.25) is 5.84 Å². The lowest BCUT2D eigenvalue weighted by Gasteiger charge is -2.16. The Kier molecular flexibility index (Phi) is 3.56. The summed E-state index contributed by atoms with van der Waals surface area (Å²) in [4.78, 5) is 0. The zero-order chi connectivity index (χ0) is 11.5. The normalized spacial score (nSPS) is 12.7. The molecule has 0 aliphatic rings. The molecular weight excluding hydrogens is 247 g/mol. The second-order valence-corrected chi connectivity index (χ2v) is 4.51. The molecule has 1 atom stereocenters. The Morgan fingerprint density at radius 1 is 1.38 bits per heavy atom. The van der Waals surface area contributed by atoms with E-state index in [0.717, 1.165) is 5.56 Å². The third kappa shape index (κ3) is 2.25. The number of hydrogen-bond donors (Lipinski definition) is 2. The van der Waals surface area contributed by atoms with Gasteiger partial charge in [0.15, 0.2) is 0 Å². The van der Waals surface area contributed by atoms with Crippen molar-refractivity contribution in [1.29, 1.82) is 0 Å². The minimum absolute atomic E-state index is 0.283. The zero-order valence-corrected chi connectivity index (χ0v) is 9.86. The van der Waals surface area contributed by atoms with Crippen LogP contribution in [0.2, 0.25) is 5.02 Å². The van der Waals surface area contributed by atoms with Crippen molar-refractivity contribution in [3.8, 4) is 0 Å². The summed E-state index contributed by atoms with van der Waals surface area (Å²) in [5, 5.41) is 4.38. The monoisotopic (exact) mass is 256 g/mol. The van der Waals surface area contributed by atoms with E-state index in [1.807, 2.05) is 16.8 Å². The average molecular weight is 257 g/mol. The molecule has 0 fully saturated rings. The predicted molar refractivity (Wildman–Crippen MR) is 64.9 cm³/mol. The molecule has 1 unspecified atom stereocenters. The SMILES string of the molecule is NNC(c1ccsc1)c1cc(F)ccc1Cl. The van der Waals surface area contributed by atoms with Crippen molar-refractivity contribution in [1.82, 2.24) is 5.43 Å². The van der Waals surface area contributed by atoms with Gasteiger partial charge in [0.05, 0.1) is 6.04 Å². The number of thiophene rings is 1. The molecule has 0 saturated carbocycles. The molecule has 16 heavy (non-hydrogen) atoms. The first-order chi connectivity index (χ1) is 7.72. The van der Waals surface area contributed by atoms with E-state index in [1.54, 1.807) is 11.3 Å². The highest BCUT2D eigenvalue weighted by Crippen LogP contribution is 2.29. The second kappa shape index (κ2) is 4.93. The highest BCUT2D eigenvalue weighted by molar-refractivity contribution is 7.08. The highest BCUT2D eigenvalue weighted by Gasteiger charge is 2.16. The Balaban J connectivity index is 2.44. The lowest BCUT2D eigenvalue weighted by Crippen LogP contribution is -2.28. The van der Waals surface area contributed by atoms with Gasteiger partial charge in [-0.2, -0.15) is 11.3 Å². The van der Waals surface area contributed by atoms with Gasteiger partial charge in [-0.25, -0.2) is 9.82 Å². The van der Waals surface area contributed by atoms with Gasteiger partial charge in [-0.1, -0.05) is 11.6 Å². The first kappa shape index (κ1) is 11.5. The van der Waals surface area contributed by atoms with Crippen LogP contribution in [0.5, 0.6) is 0 Å². The van der Waals surface area contributed by atoms with Crippen molar-refractivity contribution in [3.05, 3.63) is 57.0 Å². The van der Waals surface area contributed by atoms with E-state index >= 15 is 0 Å². The molecule has 2 rings (SSSR count). The molecule has 1 heterocycles. The Morgan fingerprint density at radius 3 is 2.81 bits per heavy atom. The van der Waals surface area contributed by atoms with E-state index in [2.05, 4.69) is 5.43 Å². The molecule has 0 aliphatic heterocycles. The van der Waals surface area contributed by atoms with Crippen molar-refractivity contribution in [2.45, 2.75) is 6.04 Å². The van der Waals surface area contributed by atoms with Crippen molar-refractivity contribution in [2.75, 3.05) is 0 Å². The fourth-order valence-electron chi connectivity index (χ4n) is 1.54. The molecule has 84 valence electrons. The molecule has 0 amide bonds. The van der Waals surface area contributed by atoms with Crippen LogP contribution >= 0.6 is 22.9 Å². The van der Waals surface area contributed by atoms with E-state index in [9.17, 15) is 4.39 Å². The summed E-state index contributed by atoms with van der Waals surface area (Å²) in [6.45, 7) is 0. The Labute approximate surface area is 102 Å². The second-order valence-electron chi connectivity index (χ2n) is 3.32. The molecule has 1 aromatic carbocycles. The van der Waals surface area contributed by atoms with Crippen LogP contribution in [0.3, 0.4) is 0 Å². The number of nitrogens with two attached hydrogens (primary N) is 1. The maximum Gasteiger partial charge on any atom is 0.123 e. The fourth-order valence-corrected chi connectivity index (χ4v) is 2.45. The van der Waals surface area contributed by atoms with Crippen LogP contribution in [0.15, 0.2) is 35.0 Å². The molecule has 0 radical (unpaired) electrons. The zero-order valence-electron chi connectivity index (χ0n) is 8.28. The smallest absolute Gasteiger partial charge is 0.123 e. The first-order valence-corrected chi connectivity index (χ1v) is 5.97. The summed E-state index contributed by atoms with van der Waals surface area (Å²) in [6.07, 6.45) is 0. The van der Waals surface area contributed by atoms with Gasteiger partial charge >= 0.3 is 0 Å². The molecule has 0 saturated heterocycles. The quantitative estimate of drug-likeness (QED) is 0.654. The molecule has 2 nitrogen and oxygen atoms in total. The summed E-state index contributed by atoms with van der Waals surface area (Å²) < 4.78 is 13.2. The number of rotatable bonds is 3. The van der Waals surface area contributed by atoms with Gasteiger partial charge in [0.25, 0.3) is 0 Å². The maximum atomic E-state index is 13.2. The number of benzene rings is 1. The van der Waals surface area contributed by atoms with Crippen LogP contribution in [-0.4, -0.2) is 0 Å². The number of hydrogen-bond acceptors (Lipinski definition) is 3. The number of hydrazine groups is 1. The van der Waals surface area contributed by atoms with Crippen molar-refractivity contribution in [3.63, 3.8) is 0 Å². The minimum Gasteiger partial charge on any atom is -0.271 e. The average Bonchev–Trinajstić information content (AvgIpc) is 2.78. The van der Waals surface area contributed by atoms with Gasteiger partial charge in [-0.05, 0) is 46.2 Å². The predicted octanol–water partition coefficient (Wildman–Crippen LogP) is 3.09. The number of nitrogens with one attached hydrogen (secondary N) is 1. The molecule has 2 aromatic rings. The molecule has 3 N–H and O–H groups in total. The van der Waals surface area contributed by atoms with Gasteiger partial charge < -0.3 is 0 Å². The fraction of sp³-hybridized carbons (Fsp3) is 0.0909. The highest BCUT2D eigenvalue weighted by atomic mass is 35.5. The molecule has 5 heteroatoms. The Morgan fingerprint density at radius 2 is 2.19 bits per heavy atom. The molecule has 0 aliphatic carbocycles. The Bertz CT molecular complexity index is 473. The molecule has 0 bridgehead atoms. The topological polar surface area (TPSA) is 38.0 Å². The van der Waals surface area contributed by atoms with Crippen LogP contribution in [0.25, 0.3) is 0 Å². The number of halogens is 2. The summed E-state index contributed by atoms with van der Waals surface area (Å²) >= 11 is 7.58. The third-order valence-corrected chi connectivity index (χ3v) is 3.36. The van der Waals surface area contributed by atoms with Crippen molar-refractivity contribution >= 4 is 22.9 Å². The van der Waals surface area contributed by atoms with Gasteiger partial charge in [0.2, 0.25) is 0 Å². The van der Waals surface area contributed by atoms with E-state index in [4.69, 9.17) is 17.4 Å². The molecular formula is C11H10ClFN2S. The summed E-state index contributed by atoms with van der Waals surface area (Å²) in [5.74, 6) is 5.16. The van der Waals surface area contributed by atoms with Crippen LogP contribution in [0.1, 0.15) is 17.2 Å². The summed E-state index contributed by atoms with van der Waals surface area (Å²) in [7, 11) is 0. The lowest BCUT2D eigenvalue weighted by molar-refractivity contribution is 0.606. The largest absolute Gasteiger partial charge is 0.271 e. The van der Waals surface area contributed by atoms with Crippen LogP contribution in [-0.2, 0) is 0 Å². The minimum atomic E-state index is -0.324. The lowest BCUT2D eigenvalue weighted by atomic mass is 10.0. The van der Waals surface area contributed by atoms with E-state index in [1.165, 1.54) is 18.2 Å². The molecule has 1 aromatic heterocycles. The summed E-state index contributed by atoms with van der Waals surface area (Å²) in [5.41, 5.74) is 4.26. The van der Waals surface area contributed by atoms with E-state index in [0.29, 0.717) is 10.6 Å². The summed E-state index contributed by atoms with van der Waals surface area (Å²) in [6, 6.07) is 5.89.